The molecule has 64 valence electrons. The van der Waals surface area contributed by atoms with Crippen LogP contribution in [-0.2, 0) is 0 Å². The largest absolute Gasteiger partial charge is 0.369 e. The van der Waals surface area contributed by atoms with E-state index in [2.05, 4.69) is 25.9 Å². The summed E-state index contributed by atoms with van der Waals surface area (Å²) in [6.07, 6.45) is 2.21. The molecule has 1 aromatic heterocycles. The van der Waals surface area contributed by atoms with Gasteiger partial charge in [0.1, 0.15) is 4.47 Å². The van der Waals surface area contributed by atoms with Gasteiger partial charge in [-0.3, -0.25) is 9.78 Å². The van der Waals surface area contributed by atoms with E-state index < -0.39 is 0 Å². The van der Waals surface area contributed by atoms with E-state index >= 15 is 0 Å². The first kappa shape index (κ1) is 7.79. The van der Waals surface area contributed by atoms with E-state index in [1.165, 1.54) is 0 Å². The molecule has 0 bridgehead atoms. The summed E-state index contributed by atoms with van der Waals surface area (Å²) in [5.74, 6) is 0.633. The third-order valence-electron chi connectivity index (χ3n) is 1.87. The average Bonchev–Trinajstić information content (AvgIpc) is 2.79. The van der Waals surface area contributed by atoms with Crippen LogP contribution in [0.4, 0.5) is 5.95 Å². The second-order valence-corrected chi connectivity index (χ2v) is 3.72. The van der Waals surface area contributed by atoms with Gasteiger partial charge in [0.15, 0.2) is 0 Å². The molecule has 12 heavy (non-hydrogen) atoms. The molecule has 1 fully saturated rings. The molecular formula is C7H8BrN3O. The minimum Gasteiger partial charge on any atom is -0.369 e. The van der Waals surface area contributed by atoms with Crippen molar-refractivity contribution >= 4 is 21.9 Å². The molecule has 0 atom stereocenters. The van der Waals surface area contributed by atoms with Gasteiger partial charge in [-0.1, -0.05) is 0 Å². The highest BCUT2D eigenvalue weighted by atomic mass is 79.9. The monoisotopic (exact) mass is 229 g/mol. The van der Waals surface area contributed by atoms with E-state index in [0.29, 0.717) is 10.4 Å². The van der Waals surface area contributed by atoms with Crippen molar-refractivity contribution in [1.29, 1.82) is 0 Å². The topological polar surface area (TPSA) is 71.8 Å². The number of halogens is 1. The Bertz CT molecular complexity index is 369. The molecule has 1 aliphatic rings. The SMILES string of the molecule is Nc1nc(C2CC2)c(Br)c(=O)[nH]1. The van der Waals surface area contributed by atoms with Crippen LogP contribution < -0.4 is 11.3 Å². The predicted octanol–water partition coefficient (Wildman–Crippen LogP) is 0.992. The molecule has 0 amide bonds. The standard InChI is InChI=1S/C7H8BrN3O/c8-4-5(3-1-2-3)10-7(9)11-6(4)12/h3H,1-2H2,(H3,9,10,11,12). The highest BCUT2D eigenvalue weighted by Crippen LogP contribution is 2.41. The lowest BCUT2D eigenvalue weighted by Crippen LogP contribution is -2.14. The first-order valence-electron chi connectivity index (χ1n) is 3.73. The average molecular weight is 230 g/mol. The zero-order chi connectivity index (χ0) is 8.72. The van der Waals surface area contributed by atoms with Gasteiger partial charge in [-0.05, 0) is 28.8 Å². The number of aromatic amines is 1. The van der Waals surface area contributed by atoms with Crippen LogP contribution in [0.3, 0.4) is 0 Å². The number of anilines is 1. The number of nitrogens with zero attached hydrogens (tertiary/aromatic N) is 1. The Balaban J connectivity index is 2.58. The molecule has 0 radical (unpaired) electrons. The fourth-order valence-electron chi connectivity index (χ4n) is 1.12. The smallest absolute Gasteiger partial charge is 0.266 e. The molecule has 0 aromatic carbocycles. The van der Waals surface area contributed by atoms with Crippen LogP contribution in [0.25, 0.3) is 0 Å². The molecule has 4 nitrogen and oxygen atoms in total. The summed E-state index contributed by atoms with van der Waals surface area (Å²) in [6.45, 7) is 0. The lowest BCUT2D eigenvalue weighted by Gasteiger charge is -2.00. The van der Waals surface area contributed by atoms with E-state index in [1.54, 1.807) is 0 Å². The van der Waals surface area contributed by atoms with Crippen LogP contribution in [0.2, 0.25) is 0 Å². The molecule has 0 spiro atoms. The summed E-state index contributed by atoms with van der Waals surface area (Å²) < 4.78 is 0.527. The minimum atomic E-state index is -0.190. The van der Waals surface area contributed by atoms with Crippen molar-refractivity contribution in [3.05, 3.63) is 20.5 Å². The lowest BCUT2D eigenvalue weighted by atomic mass is 10.3. The van der Waals surface area contributed by atoms with Gasteiger partial charge < -0.3 is 5.73 Å². The number of hydrogen-bond donors (Lipinski definition) is 2. The van der Waals surface area contributed by atoms with Crippen LogP contribution >= 0.6 is 15.9 Å². The highest BCUT2D eigenvalue weighted by Gasteiger charge is 2.28. The zero-order valence-electron chi connectivity index (χ0n) is 6.30. The van der Waals surface area contributed by atoms with Crippen molar-refractivity contribution in [2.75, 3.05) is 5.73 Å². The van der Waals surface area contributed by atoms with Gasteiger partial charge in [0.25, 0.3) is 5.56 Å². The van der Waals surface area contributed by atoms with Gasteiger partial charge in [-0.25, -0.2) is 4.98 Å². The third kappa shape index (κ3) is 1.24. The van der Waals surface area contributed by atoms with Gasteiger partial charge in [-0.15, -0.1) is 0 Å². The molecule has 1 aromatic rings. The summed E-state index contributed by atoms with van der Waals surface area (Å²) in [5, 5.41) is 0. The van der Waals surface area contributed by atoms with Crippen molar-refractivity contribution in [2.45, 2.75) is 18.8 Å². The summed E-state index contributed by atoms with van der Waals surface area (Å²) in [7, 11) is 0. The van der Waals surface area contributed by atoms with E-state index in [-0.39, 0.29) is 11.5 Å². The fourth-order valence-corrected chi connectivity index (χ4v) is 1.63. The van der Waals surface area contributed by atoms with Crippen molar-refractivity contribution in [2.24, 2.45) is 0 Å². The Hall–Kier alpha value is -0.840. The maximum absolute atomic E-state index is 11.2. The molecule has 2 rings (SSSR count). The van der Waals surface area contributed by atoms with E-state index in [9.17, 15) is 4.79 Å². The van der Waals surface area contributed by atoms with Gasteiger partial charge >= 0.3 is 0 Å². The van der Waals surface area contributed by atoms with Crippen LogP contribution in [-0.4, -0.2) is 9.97 Å². The normalized spacial score (nSPS) is 16.4. The summed E-state index contributed by atoms with van der Waals surface area (Å²) >= 11 is 3.19. The molecule has 0 aliphatic heterocycles. The number of nitrogens with one attached hydrogen (secondary N) is 1. The number of nitrogen functional groups attached to an aromatic ring is 1. The zero-order valence-corrected chi connectivity index (χ0v) is 7.89. The van der Waals surface area contributed by atoms with Gasteiger partial charge in [0.05, 0.1) is 5.69 Å². The van der Waals surface area contributed by atoms with Crippen LogP contribution in [0.15, 0.2) is 9.27 Å². The molecule has 0 unspecified atom stereocenters. The molecule has 0 saturated heterocycles. The molecular weight excluding hydrogens is 222 g/mol. The maximum atomic E-state index is 11.2. The maximum Gasteiger partial charge on any atom is 0.266 e. The highest BCUT2D eigenvalue weighted by molar-refractivity contribution is 9.10. The molecule has 3 N–H and O–H groups in total. The minimum absolute atomic E-state index is 0.190. The molecule has 1 saturated carbocycles. The van der Waals surface area contributed by atoms with Crippen LogP contribution in [0.1, 0.15) is 24.5 Å². The van der Waals surface area contributed by atoms with Crippen LogP contribution in [0.5, 0.6) is 0 Å². The van der Waals surface area contributed by atoms with Crippen molar-refractivity contribution in [1.82, 2.24) is 9.97 Å². The lowest BCUT2D eigenvalue weighted by molar-refractivity contribution is 0.964. The Morgan fingerprint density at radius 3 is 2.83 bits per heavy atom. The summed E-state index contributed by atoms with van der Waals surface area (Å²) in [4.78, 5) is 17.7. The second kappa shape index (κ2) is 2.58. The molecule has 5 heteroatoms. The fraction of sp³-hybridized carbons (Fsp3) is 0.429. The quantitative estimate of drug-likeness (QED) is 0.755. The first-order chi connectivity index (χ1) is 5.68. The predicted molar refractivity (Wildman–Crippen MR) is 48.9 cm³/mol. The van der Waals surface area contributed by atoms with Crippen molar-refractivity contribution in [3.8, 4) is 0 Å². The van der Waals surface area contributed by atoms with Crippen molar-refractivity contribution < 1.29 is 0 Å². The second-order valence-electron chi connectivity index (χ2n) is 2.92. The number of nitrogens with two attached hydrogens (primary N) is 1. The van der Waals surface area contributed by atoms with Crippen molar-refractivity contribution in [3.63, 3.8) is 0 Å². The van der Waals surface area contributed by atoms with Crippen LogP contribution in [0, 0.1) is 0 Å². The number of H-pyrrole nitrogens is 1. The summed E-state index contributed by atoms with van der Waals surface area (Å²) in [5.41, 5.74) is 6.02. The molecule has 1 aliphatic carbocycles. The summed E-state index contributed by atoms with van der Waals surface area (Å²) in [6, 6.07) is 0. The number of hydrogen-bond acceptors (Lipinski definition) is 3. The van der Waals surface area contributed by atoms with E-state index in [4.69, 9.17) is 5.73 Å². The van der Waals surface area contributed by atoms with Gasteiger partial charge in [0, 0.05) is 5.92 Å². The Morgan fingerprint density at radius 2 is 2.25 bits per heavy atom. The van der Waals surface area contributed by atoms with E-state index in [0.717, 1.165) is 18.5 Å². The Morgan fingerprint density at radius 1 is 1.58 bits per heavy atom. The number of aromatic nitrogens is 2. The Kier molecular flexibility index (Phi) is 1.68. The third-order valence-corrected chi connectivity index (χ3v) is 2.64. The Labute approximate surface area is 77.3 Å². The van der Waals surface area contributed by atoms with Gasteiger partial charge in [-0.2, -0.15) is 0 Å². The number of rotatable bonds is 1. The first-order valence-corrected chi connectivity index (χ1v) is 4.53. The molecule has 1 heterocycles. The van der Waals surface area contributed by atoms with E-state index in [1.807, 2.05) is 0 Å². The van der Waals surface area contributed by atoms with Gasteiger partial charge in [0.2, 0.25) is 5.95 Å².